The van der Waals surface area contributed by atoms with Crippen molar-refractivity contribution in [3.8, 4) is 5.69 Å². The Morgan fingerprint density at radius 3 is 2.74 bits per heavy atom. The fraction of sp³-hybridized carbons (Fsp3) is 0.217. The predicted octanol–water partition coefficient (Wildman–Crippen LogP) is 4.41. The second-order valence-corrected chi connectivity index (χ2v) is 8.93. The second kappa shape index (κ2) is 7.77. The number of amides is 1. The molecule has 0 saturated heterocycles. The van der Waals surface area contributed by atoms with Crippen LogP contribution in [0.3, 0.4) is 0 Å². The van der Waals surface area contributed by atoms with Crippen LogP contribution in [0.25, 0.3) is 16.7 Å². The summed E-state index contributed by atoms with van der Waals surface area (Å²) in [6, 6.07) is 14.2. The Hall–Kier alpha value is -3.26. The van der Waals surface area contributed by atoms with Crippen LogP contribution in [0.15, 0.2) is 66.1 Å². The first-order valence-corrected chi connectivity index (χ1v) is 10.9. The molecule has 2 atom stereocenters. The van der Waals surface area contributed by atoms with Gasteiger partial charge < -0.3 is 4.90 Å². The van der Waals surface area contributed by atoms with Crippen LogP contribution in [0, 0.1) is 5.82 Å². The number of benzene rings is 2. The molecule has 3 heterocycles. The summed E-state index contributed by atoms with van der Waals surface area (Å²) in [5.41, 5.74) is 3.51. The molecule has 0 N–H and O–H groups in total. The molecule has 2 aromatic carbocycles. The molecule has 5 rings (SSSR count). The molecule has 2 aromatic heterocycles. The SMILES string of the molecule is CC(Sc1ncnc2c1cnn2-c1ccc(F)cc1)C(=O)N1c2ccccc2CC1C. The van der Waals surface area contributed by atoms with Crippen molar-refractivity contribution >= 4 is 34.4 Å². The summed E-state index contributed by atoms with van der Waals surface area (Å²) in [5, 5.41) is 5.53. The molecule has 1 aliphatic rings. The number of hydrogen-bond donors (Lipinski definition) is 0. The average molecular weight is 434 g/mol. The van der Waals surface area contributed by atoms with Gasteiger partial charge in [0.2, 0.25) is 5.91 Å². The van der Waals surface area contributed by atoms with Crippen LogP contribution in [0.5, 0.6) is 0 Å². The first-order chi connectivity index (χ1) is 15.0. The number of hydrogen-bond acceptors (Lipinski definition) is 5. The van der Waals surface area contributed by atoms with Gasteiger partial charge in [-0.2, -0.15) is 5.10 Å². The molecular weight excluding hydrogens is 413 g/mol. The Morgan fingerprint density at radius 2 is 1.94 bits per heavy atom. The monoisotopic (exact) mass is 433 g/mol. The largest absolute Gasteiger partial charge is 0.308 e. The minimum Gasteiger partial charge on any atom is -0.308 e. The maximum absolute atomic E-state index is 13.3. The first kappa shape index (κ1) is 19.7. The number of carbonyl (C=O) groups is 1. The number of aromatic nitrogens is 4. The number of halogens is 1. The molecule has 2 unspecified atom stereocenters. The van der Waals surface area contributed by atoms with Crippen molar-refractivity contribution in [3.05, 3.63) is 72.4 Å². The Kier molecular flexibility index (Phi) is 4.94. The van der Waals surface area contributed by atoms with Crippen LogP contribution in [-0.2, 0) is 11.2 Å². The fourth-order valence-corrected chi connectivity index (χ4v) is 4.93. The molecule has 31 heavy (non-hydrogen) atoms. The van der Waals surface area contributed by atoms with E-state index in [2.05, 4.69) is 28.1 Å². The Labute approximate surface area is 183 Å². The number of thioether (sulfide) groups is 1. The lowest BCUT2D eigenvalue weighted by molar-refractivity contribution is -0.118. The van der Waals surface area contributed by atoms with Crippen molar-refractivity contribution in [1.29, 1.82) is 0 Å². The first-order valence-electron chi connectivity index (χ1n) is 10.0. The highest BCUT2D eigenvalue weighted by molar-refractivity contribution is 8.00. The smallest absolute Gasteiger partial charge is 0.240 e. The van der Waals surface area contributed by atoms with Gasteiger partial charge >= 0.3 is 0 Å². The fourth-order valence-electron chi connectivity index (χ4n) is 4.00. The summed E-state index contributed by atoms with van der Waals surface area (Å²) < 4.78 is 14.9. The zero-order valence-electron chi connectivity index (χ0n) is 17.1. The van der Waals surface area contributed by atoms with Crippen LogP contribution in [-0.4, -0.2) is 36.9 Å². The predicted molar refractivity (Wildman–Crippen MR) is 119 cm³/mol. The average Bonchev–Trinajstić information content (AvgIpc) is 3.35. The molecule has 1 amide bonds. The van der Waals surface area contributed by atoms with Crippen molar-refractivity contribution in [2.75, 3.05) is 4.90 Å². The van der Waals surface area contributed by atoms with E-state index in [4.69, 9.17) is 0 Å². The molecule has 156 valence electrons. The molecular formula is C23H20FN5OS. The molecule has 0 spiro atoms. The van der Waals surface area contributed by atoms with Crippen LogP contribution in [0.2, 0.25) is 0 Å². The van der Waals surface area contributed by atoms with Crippen molar-refractivity contribution < 1.29 is 9.18 Å². The number of para-hydroxylation sites is 1. The van der Waals surface area contributed by atoms with Crippen molar-refractivity contribution in [2.45, 2.75) is 36.6 Å². The van der Waals surface area contributed by atoms with E-state index in [1.165, 1.54) is 35.8 Å². The van der Waals surface area contributed by atoms with Gasteiger partial charge in [-0.1, -0.05) is 30.0 Å². The van der Waals surface area contributed by atoms with Crippen molar-refractivity contribution in [2.24, 2.45) is 0 Å². The van der Waals surface area contributed by atoms with E-state index >= 15 is 0 Å². The van der Waals surface area contributed by atoms with Gasteiger partial charge in [-0.25, -0.2) is 19.0 Å². The molecule has 0 aliphatic carbocycles. The molecule has 6 nitrogen and oxygen atoms in total. The molecule has 1 aliphatic heterocycles. The lowest BCUT2D eigenvalue weighted by Gasteiger charge is -2.25. The van der Waals surface area contributed by atoms with Gasteiger partial charge in [0.05, 0.1) is 22.5 Å². The maximum Gasteiger partial charge on any atom is 0.240 e. The van der Waals surface area contributed by atoms with Gasteiger partial charge in [-0.05, 0) is 56.2 Å². The van der Waals surface area contributed by atoms with E-state index in [1.807, 2.05) is 30.0 Å². The van der Waals surface area contributed by atoms with Crippen LogP contribution in [0.4, 0.5) is 10.1 Å². The van der Waals surface area contributed by atoms with Crippen LogP contribution < -0.4 is 4.90 Å². The van der Waals surface area contributed by atoms with E-state index < -0.39 is 0 Å². The molecule has 0 radical (unpaired) electrons. The van der Waals surface area contributed by atoms with E-state index in [0.29, 0.717) is 16.4 Å². The van der Waals surface area contributed by atoms with Gasteiger partial charge in [0.1, 0.15) is 17.2 Å². The summed E-state index contributed by atoms with van der Waals surface area (Å²) >= 11 is 1.40. The lowest BCUT2D eigenvalue weighted by Crippen LogP contribution is -2.40. The highest BCUT2D eigenvalue weighted by Gasteiger charge is 2.33. The molecule has 8 heteroatoms. The van der Waals surface area contributed by atoms with Crippen molar-refractivity contribution in [1.82, 2.24) is 19.7 Å². The zero-order chi connectivity index (χ0) is 21.5. The van der Waals surface area contributed by atoms with Gasteiger partial charge in [0.15, 0.2) is 5.65 Å². The lowest BCUT2D eigenvalue weighted by atomic mass is 10.1. The highest BCUT2D eigenvalue weighted by atomic mass is 32.2. The Bertz CT molecular complexity index is 1270. The third-order valence-electron chi connectivity index (χ3n) is 5.48. The minimum absolute atomic E-state index is 0.0557. The van der Waals surface area contributed by atoms with E-state index in [-0.39, 0.29) is 23.0 Å². The summed E-state index contributed by atoms with van der Waals surface area (Å²) in [6.45, 7) is 3.98. The molecule has 0 fully saturated rings. The van der Waals surface area contributed by atoms with Gasteiger partial charge in [0.25, 0.3) is 0 Å². The number of nitrogens with zero attached hydrogens (tertiary/aromatic N) is 5. The summed E-state index contributed by atoms with van der Waals surface area (Å²) in [4.78, 5) is 24.0. The number of carbonyl (C=O) groups excluding carboxylic acids is 1. The van der Waals surface area contributed by atoms with E-state index in [1.54, 1.807) is 23.0 Å². The van der Waals surface area contributed by atoms with Gasteiger partial charge in [0, 0.05) is 11.7 Å². The van der Waals surface area contributed by atoms with Crippen LogP contribution >= 0.6 is 11.8 Å². The van der Waals surface area contributed by atoms with Crippen molar-refractivity contribution in [3.63, 3.8) is 0 Å². The second-order valence-electron chi connectivity index (χ2n) is 7.60. The Morgan fingerprint density at radius 1 is 1.16 bits per heavy atom. The normalized spacial score (nSPS) is 16.5. The van der Waals surface area contributed by atoms with E-state index in [0.717, 1.165) is 17.5 Å². The topological polar surface area (TPSA) is 63.9 Å². The third kappa shape index (κ3) is 3.46. The standard InChI is InChI=1S/C23H20FN5OS/c1-14-11-16-5-3-4-6-20(16)28(14)23(30)15(2)31-22-19-12-27-29(21(19)25-13-26-22)18-9-7-17(24)8-10-18/h3-10,12-15H,11H2,1-2H3. The minimum atomic E-state index is -0.333. The number of anilines is 1. The van der Waals surface area contributed by atoms with Gasteiger partial charge in [-0.3, -0.25) is 4.79 Å². The zero-order valence-corrected chi connectivity index (χ0v) is 17.9. The summed E-state index contributed by atoms with van der Waals surface area (Å²) in [5.74, 6) is -0.253. The van der Waals surface area contributed by atoms with E-state index in [9.17, 15) is 9.18 Å². The third-order valence-corrected chi connectivity index (χ3v) is 6.59. The Balaban J connectivity index is 1.43. The molecule has 0 saturated carbocycles. The highest BCUT2D eigenvalue weighted by Crippen LogP contribution is 2.35. The number of fused-ring (bicyclic) bond motifs is 2. The molecule has 4 aromatic rings. The molecule has 0 bridgehead atoms. The quantitative estimate of drug-likeness (QED) is 0.352. The van der Waals surface area contributed by atoms with Gasteiger partial charge in [-0.15, -0.1) is 0 Å². The van der Waals surface area contributed by atoms with Crippen LogP contribution in [0.1, 0.15) is 19.4 Å². The summed E-state index contributed by atoms with van der Waals surface area (Å²) in [7, 11) is 0. The summed E-state index contributed by atoms with van der Waals surface area (Å²) in [6.07, 6.45) is 4.02. The maximum atomic E-state index is 13.3. The number of rotatable bonds is 4.